The first kappa shape index (κ1) is 63.4. The van der Waals surface area contributed by atoms with Gasteiger partial charge in [-0.3, -0.25) is 18.9 Å². The van der Waals surface area contributed by atoms with Crippen LogP contribution in [0.5, 0.6) is 0 Å². The van der Waals surface area contributed by atoms with Crippen LogP contribution in [0.25, 0.3) is 0 Å². The highest BCUT2D eigenvalue weighted by atomic mass is 79.9. The van der Waals surface area contributed by atoms with Crippen LogP contribution in [0.3, 0.4) is 0 Å². The van der Waals surface area contributed by atoms with Gasteiger partial charge in [-0.2, -0.15) is 20.5 Å². The molecular weight excluding hydrogens is 926 g/mol. The first-order valence-corrected chi connectivity index (χ1v) is 32.0. The van der Waals surface area contributed by atoms with Gasteiger partial charge >= 0.3 is 25.2 Å². The molecule has 0 saturated heterocycles. The minimum atomic E-state index is -4.59. The third kappa shape index (κ3) is 40.8. The van der Waals surface area contributed by atoms with Gasteiger partial charge in [-0.05, 0) is 26.7 Å². The van der Waals surface area contributed by atoms with Gasteiger partial charge in [0.2, 0.25) is 5.91 Å². The van der Waals surface area contributed by atoms with E-state index in [-0.39, 0.29) is 76.4 Å². The molecule has 3 N–H and O–H groups in total. The van der Waals surface area contributed by atoms with Crippen LogP contribution in [-0.2, 0) is 46.9 Å². The van der Waals surface area contributed by atoms with Crippen LogP contribution in [0.4, 0.5) is 8.78 Å². The smallest absolute Gasteiger partial charge is 0.399 e. The molecule has 0 bridgehead atoms. The average molecular weight is 1010 g/mol. The number of nitrogens with one attached hydrogen (secondary N) is 1. The van der Waals surface area contributed by atoms with Crippen molar-refractivity contribution in [2.45, 2.75) is 200 Å². The molecule has 0 heterocycles. The van der Waals surface area contributed by atoms with Crippen LogP contribution in [0, 0.1) is 0 Å². The van der Waals surface area contributed by atoms with Crippen molar-refractivity contribution in [2.75, 3.05) is 64.3 Å². The van der Waals surface area contributed by atoms with Gasteiger partial charge in [-0.1, -0.05) is 136 Å². The molecule has 0 spiro atoms. The molecule has 0 rings (SSSR count). The average Bonchev–Trinajstić information content (AvgIpc) is 3.20. The molecule has 0 aliphatic carbocycles. The Bertz CT molecular complexity index is 1130. The van der Waals surface area contributed by atoms with Crippen molar-refractivity contribution in [1.82, 2.24) is 5.32 Å². The van der Waals surface area contributed by atoms with E-state index in [4.69, 9.17) is 33.7 Å². The van der Waals surface area contributed by atoms with E-state index in [9.17, 15) is 27.7 Å². The summed E-state index contributed by atoms with van der Waals surface area (Å²) in [6, 6.07) is -0.836. The molecule has 0 fully saturated rings. The normalized spacial score (nSPS) is 13.0. The zero-order chi connectivity index (χ0) is 47.0. The Kier molecular flexibility index (Phi) is 42.7. The molecule has 0 saturated carbocycles. The van der Waals surface area contributed by atoms with Gasteiger partial charge in [0.15, 0.2) is 0 Å². The predicted molar refractivity (Wildman–Crippen MR) is 257 cm³/mol. The second-order valence-corrected chi connectivity index (χ2v) is 30.9. The molecule has 0 aliphatic rings. The number of unbranched alkanes of at least 4 members (excludes halogenated alkanes) is 16. The van der Waals surface area contributed by atoms with Crippen molar-refractivity contribution in [2.24, 2.45) is 5.73 Å². The predicted octanol–water partition coefficient (Wildman–Crippen LogP) is 12.0. The van der Waals surface area contributed by atoms with Crippen LogP contribution in [-0.4, -0.2) is 107 Å². The molecule has 62 heavy (non-hydrogen) atoms. The Labute approximate surface area is 388 Å². The van der Waals surface area contributed by atoms with Gasteiger partial charge in [0.1, 0.15) is 19.4 Å². The van der Waals surface area contributed by atoms with Crippen molar-refractivity contribution >= 4 is 59.2 Å². The molecule has 0 unspecified atom stereocenters. The van der Waals surface area contributed by atoms with Crippen molar-refractivity contribution < 1.29 is 55.7 Å². The summed E-state index contributed by atoms with van der Waals surface area (Å²) in [5.41, 5.74) is 2.42. The number of carbonyl (C=O) groups excluding carboxylic acids is 3. The highest BCUT2D eigenvalue weighted by Gasteiger charge is 2.52. The minimum absolute atomic E-state index is 0.0211. The second-order valence-electron chi connectivity index (χ2n) is 16.4. The fraction of sp³-hybridized carbons (Fsp3) is 0.932. The summed E-state index contributed by atoms with van der Waals surface area (Å²) in [5.74, 6) is -0.439. The van der Waals surface area contributed by atoms with Crippen LogP contribution in [0.2, 0.25) is 19.6 Å². The first-order valence-electron chi connectivity index (χ1n) is 23.5. The van der Waals surface area contributed by atoms with Gasteiger partial charge < -0.3 is 39.0 Å². The third-order valence-corrected chi connectivity index (χ3v) is 12.5. The standard InChI is InChI=1S/C41H79F2N2O10PS.C3H9BrSi/c1-5-9-11-13-15-17-19-21-23-25-38(46)52-33-36(55-39(47)26-24-22-20-18-16-14-12-10-6-2)34-57-35-37(44)40(48)45-28-30-51-32-31-50-29-27-41(42,43)56(49,53-7-3)54-8-4;1-5(2,3)4/h36-37H,5-35,44H2,1-4H3,(H,45,48);1-3H3/t36-,37+;/m1./s1. The van der Waals surface area contributed by atoms with Crippen molar-refractivity contribution in [3.63, 3.8) is 0 Å². The van der Waals surface area contributed by atoms with E-state index in [1.807, 2.05) is 0 Å². The van der Waals surface area contributed by atoms with E-state index in [1.54, 1.807) is 0 Å². The summed E-state index contributed by atoms with van der Waals surface area (Å²) in [6.07, 6.45) is 19.8. The molecule has 1 amide bonds. The molecule has 18 heteroatoms. The van der Waals surface area contributed by atoms with E-state index >= 15 is 0 Å². The lowest BCUT2D eigenvalue weighted by molar-refractivity contribution is -0.157. The molecule has 370 valence electrons. The summed E-state index contributed by atoms with van der Waals surface area (Å²) in [5, 5.41) is 2.69. The highest BCUT2D eigenvalue weighted by Crippen LogP contribution is 2.63. The Morgan fingerprint density at radius 1 is 0.694 bits per heavy atom. The summed E-state index contributed by atoms with van der Waals surface area (Å²) in [4.78, 5) is 37.7. The number of amides is 1. The molecule has 0 aromatic rings. The number of alkyl halides is 2. The van der Waals surface area contributed by atoms with E-state index in [2.05, 4.69) is 54.1 Å². The maximum absolute atomic E-state index is 14.4. The lowest BCUT2D eigenvalue weighted by Crippen LogP contribution is -2.43. The number of hydrogen-bond donors (Lipinski definition) is 2. The van der Waals surface area contributed by atoms with E-state index in [0.717, 1.165) is 38.5 Å². The molecule has 2 atom stereocenters. The zero-order valence-electron chi connectivity index (χ0n) is 39.7. The van der Waals surface area contributed by atoms with Crippen LogP contribution >= 0.6 is 34.7 Å². The lowest BCUT2D eigenvalue weighted by Gasteiger charge is -2.25. The van der Waals surface area contributed by atoms with Gasteiger partial charge in [-0.15, -0.1) is 15.3 Å². The van der Waals surface area contributed by atoms with Gasteiger partial charge in [0.25, 0.3) is 0 Å². The molecule has 0 aromatic heterocycles. The lowest BCUT2D eigenvalue weighted by atomic mass is 10.1. The maximum atomic E-state index is 14.4. The van der Waals surface area contributed by atoms with Crippen molar-refractivity contribution in [1.29, 1.82) is 0 Å². The van der Waals surface area contributed by atoms with E-state index in [0.29, 0.717) is 18.6 Å². The third-order valence-electron chi connectivity index (χ3n) is 9.10. The number of ether oxygens (including phenoxy) is 4. The Morgan fingerprint density at radius 2 is 1.13 bits per heavy atom. The molecule has 0 aliphatic heterocycles. The summed E-state index contributed by atoms with van der Waals surface area (Å²) in [6.45, 7) is 13.0. The second kappa shape index (κ2) is 41.8. The molecule has 12 nitrogen and oxygen atoms in total. The Morgan fingerprint density at radius 3 is 1.60 bits per heavy atom. The van der Waals surface area contributed by atoms with Gasteiger partial charge in [0.05, 0.1) is 45.7 Å². The quantitative estimate of drug-likeness (QED) is 0.0196. The van der Waals surface area contributed by atoms with Crippen LogP contribution in [0.15, 0.2) is 0 Å². The van der Waals surface area contributed by atoms with Crippen molar-refractivity contribution in [3.05, 3.63) is 0 Å². The SMILES string of the molecule is CCCCCCCCCCCC(=O)OC[C@H](CSC[C@H](N)C(=O)NCCOCCOCCC(F)(F)P(=O)(OCC)OCC)OC(=O)CCCCCCCCCCC.C[Si](C)(C)Br. The summed E-state index contributed by atoms with van der Waals surface area (Å²) < 4.78 is 72.4. The first-order chi connectivity index (χ1) is 29.5. The number of thioether (sulfide) groups is 1. The number of rotatable bonds is 42. The molecular formula is C44H88BrF2N2O10PSSi. The van der Waals surface area contributed by atoms with Crippen molar-refractivity contribution in [3.8, 4) is 0 Å². The number of carbonyl (C=O) groups is 3. The Balaban J connectivity index is 0. The fourth-order valence-corrected chi connectivity index (χ4v) is 8.24. The van der Waals surface area contributed by atoms with Gasteiger partial charge in [-0.25, -0.2) is 0 Å². The number of esters is 2. The molecule has 0 aromatic carbocycles. The highest BCUT2D eigenvalue weighted by molar-refractivity contribution is 9.26. The topological polar surface area (TPSA) is 162 Å². The van der Waals surface area contributed by atoms with Gasteiger partial charge in [0, 0.05) is 37.3 Å². The summed E-state index contributed by atoms with van der Waals surface area (Å²) >= 11 is 4.86. The largest absolute Gasteiger partial charge is 0.462 e. The number of hydrogen-bond acceptors (Lipinski definition) is 12. The van der Waals surface area contributed by atoms with E-state index in [1.165, 1.54) is 103 Å². The Hall–Kier alpha value is -0.653. The van der Waals surface area contributed by atoms with E-state index < -0.39 is 38.5 Å². The van der Waals surface area contributed by atoms with Crippen LogP contribution < -0.4 is 11.1 Å². The monoisotopic (exact) mass is 1010 g/mol. The number of halogens is 3. The maximum Gasteiger partial charge on any atom is 0.399 e. The van der Waals surface area contributed by atoms with Crippen LogP contribution in [0.1, 0.15) is 163 Å². The minimum Gasteiger partial charge on any atom is -0.462 e. The molecule has 0 radical (unpaired) electrons. The number of nitrogens with two attached hydrogens (primary N) is 1. The zero-order valence-corrected chi connectivity index (χ0v) is 44.0. The summed E-state index contributed by atoms with van der Waals surface area (Å²) in [7, 11) is -4.59. The fourth-order valence-electron chi connectivity index (χ4n) is 5.78.